The summed E-state index contributed by atoms with van der Waals surface area (Å²) >= 11 is 0. The second kappa shape index (κ2) is 6.12. The molecule has 2 unspecified atom stereocenters. The van der Waals surface area contributed by atoms with E-state index in [1.165, 1.54) is 0 Å². The quantitative estimate of drug-likeness (QED) is 0.831. The van der Waals surface area contributed by atoms with Gasteiger partial charge >= 0.3 is 0 Å². The molecule has 1 aliphatic heterocycles. The molecule has 0 bridgehead atoms. The normalized spacial score (nSPS) is 22.7. The summed E-state index contributed by atoms with van der Waals surface area (Å²) in [7, 11) is 0. The molecule has 1 heterocycles. The Labute approximate surface area is 108 Å². The number of carbonyl (C=O) groups is 1. The van der Waals surface area contributed by atoms with Crippen molar-refractivity contribution in [2.24, 2.45) is 0 Å². The third kappa shape index (κ3) is 2.79. The van der Waals surface area contributed by atoms with Crippen molar-refractivity contribution in [3.8, 4) is 0 Å². The summed E-state index contributed by atoms with van der Waals surface area (Å²) in [4.78, 5) is 14.4. The van der Waals surface area contributed by atoms with Crippen molar-refractivity contribution in [3.63, 3.8) is 0 Å². The van der Waals surface area contributed by atoms with Crippen LogP contribution >= 0.6 is 0 Å². The number of hydrogen-bond donors (Lipinski definition) is 1. The third-order valence-corrected chi connectivity index (χ3v) is 3.66. The van der Waals surface area contributed by atoms with Crippen LogP contribution in [0.1, 0.15) is 43.0 Å². The van der Waals surface area contributed by atoms with Crippen molar-refractivity contribution >= 4 is 5.78 Å². The third-order valence-electron chi connectivity index (χ3n) is 3.66. The standard InChI is InChI=1S/C15H21NO2/c1-2-13(16-11-7-6-10-14(16)17)15(18)12-8-4-3-5-9-12/h3-5,8-9,13-14,17H,2,6-7,10-11H2,1H3. The molecule has 3 heteroatoms. The van der Waals surface area contributed by atoms with Crippen LogP contribution in [0.2, 0.25) is 0 Å². The summed E-state index contributed by atoms with van der Waals surface area (Å²) in [5.41, 5.74) is 0.738. The number of likely N-dealkylation sites (tertiary alicyclic amines) is 1. The van der Waals surface area contributed by atoms with Gasteiger partial charge in [-0.3, -0.25) is 9.69 Å². The van der Waals surface area contributed by atoms with Gasteiger partial charge in [0.15, 0.2) is 5.78 Å². The average Bonchev–Trinajstić information content (AvgIpc) is 2.42. The molecule has 1 aliphatic rings. The first kappa shape index (κ1) is 13.2. The Morgan fingerprint density at radius 1 is 1.39 bits per heavy atom. The van der Waals surface area contributed by atoms with Crippen LogP contribution in [0.15, 0.2) is 30.3 Å². The summed E-state index contributed by atoms with van der Waals surface area (Å²) in [6, 6.07) is 9.18. The lowest BCUT2D eigenvalue weighted by molar-refractivity contribution is -0.0440. The van der Waals surface area contributed by atoms with E-state index < -0.39 is 6.23 Å². The molecule has 2 atom stereocenters. The van der Waals surface area contributed by atoms with Gasteiger partial charge in [0.25, 0.3) is 0 Å². The van der Waals surface area contributed by atoms with E-state index in [9.17, 15) is 9.90 Å². The summed E-state index contributed by atoms with van der Waals surface area (Å²) < 4.78 is 0. The molecule has 0 aromatic heterocycles. The Morgan fingerprint density at radius 2 is 2.11 bits per heavy atom. The fourth-order valence-electron chi connectivity index (χ4n) is 2.67. The van der Waals surface area contributed by atoms with Crippen LogP contribution in [-0.2, 0) is 0 Å². The molecular formula is C15H21NO2. The highest BCUT2D eigenvalue weighted by Gasteiger charge is 2.31. The Hall–Kier alpha value is -1.19. The van der Waals surface area contributed by atoms with E-state index in [-0.39, 0.29) is 11.8 Å². The molecule has 1 N–H and O–H groups in total. The van der Waals surface area contributed by atoms with Crippen LogP contribution in [0, 0.1) is 0 Å². The first-order valence-electron chi connectivity index (χ1n) is 6.77. The first-order chi connectivity index (χ1) is 8.74. The van der Waals surface area contributed by atoms with Crippen molar-refractivity contribution in [2.45, 2.75) is 44.9 Å². The van der Waals surface area contributed by atoms with Gasteiger partial charge in [-0.1, -0.05) is 37.3 Å². The number of aliphatic hydroxyl groups excluding tert-OH is 1. The fraction of sp³-hybridized carbons (Fsp3) is 0.533. The molecule has 3 nitrogen and oxygen atoms in total. The lowest BCUT2D eigenvalue weighted by Crippen LogP contribution is -2.49. The van der Waals surface area contributed by atoms with E-state index in [1.807, 2.05) is 42.2 Å². The van der Waals surface area contributed by atoms with Gasteiger partial charge in [0.1, 0.15) is 6.23 Å². The summed E-state index contributed by atoms with van der Waals surface area (Å²) in [5.74, 6) is 0.124. The first-order valence-corrected chi connectivity index (χ1v) is 6.77. The smallest absolute Gasteiger partial charge is 0.180 e. The summed E-state index contributed by atoms with van der Waals surface area (Å²) in [6.07, 6.45) is 3.17. The highest BCUT2D eigenvalue weighted by atomic mass is 16.3. The van der Waals surface area contributed by atoms with Gasteiger partial charge in [-0.15, -0.1) is 0 Å². The van der Waals surface area contributed by atoms with E-state index in [4.69, 9.17) is 0 Å². The van der Waals surface area contributed by atoms with Gasteiger partial charge in [0.2, 0.25) is 0 Å². The Morgan fingerprint density at radius 3 is 2.72 bits per heavy atom. The van der Waals surface area contributed by atoms with Crippen LogP contribution in [-0.4, -0.2) is 34.6 Å². The average molecular weight is 247 g/mol. The molecule has 0 amide bonds. The molecule has 2 rings (SSSR count). The van der Waals surface area contributed by atoms with Crippen molar-refractivity contribution in [3.05, 3.63) is 35.9 Å². The maximum Gasteiger partial charge on any atom is 0.180 e. The zero-order valence-electron chi connectivity index (χ0n) is 10.9. The Balaban J connectivity index is 2.15. The minimum atomic E-state index is -0.462. The SMILES string of the molecule is CCC(C(=O)c1ccccc1)N1CCCCC1O. The van der Waals surface area contributed by atoms with Gasteiger partial charge in [-0.2, -0.15) is 0 Å². The number of Topliss-reactive ketones (excluding diaryl/α,β-unsaturated/α-hetero) is 1. The maximum atomic E-state index is 12.5. The topological polar surface area (TPSA) is 40.5 Å². The molecule has 1 aromatic rings. The highest BCUT2D eigenvalue weighted by Crippen LogP contribution is 2.21. The summed E-state index contributed by atoms with van der Waals surface area (Å²) in [5, 5.41) is 10.0. The van der Waals surface area contributed by atoms with Crippen molar-refractivity contribution in [1.29, 1.82) is 0 Å². The molecule has 1 fully saturated rings. The highest BCUT2D eigenvalue weighted by molar-refractivity contribution is 6.00. The number of benzene rings is 1. The molecule has 18 heavy (non-hydrogen) atoms. The monoisotopic (exact) mass is 247 g/mol. The number of piperidine rings is 1. The fourth-order valence-corrected chi connectivity index (χ4v) is 2.67. The van der Waals surface area contributed by atoms with E-state index in [0.29, 0.717) is 0 Å². The minimum absolute atomic E-state index is 0.124. The van der Waals surface area contributed by atoms with E-state index in [2.05, 4.69) is 0 Å². The molecule has 1 aromatic carbocycles. The number of nitrogens with zero attached hydrogens (tertiary/aromatic N) is 1. The van der Waals surface area contributed by atoms with Gasteiger partial charge in [0, 0.05) is 12.1 Å². The lowest BCUT2D eigenvalue weighted by Gasteiger charge is -2.37. The number of ketones is 1. The van der Waals surface area contributed by atoms with E-state index in [0.717, 1.165) is 37.8 Å². The molecular weight excluding hydrogens is 226 g/mol. The van der Waals surface area contributed by atoms with E-state index in [1.54, 1.807) is 0 Å². The minimum Gasteiger partial charge on any atom is -0.378 e. The van der Waals surface area contributed by atoms with Gasteiger partial charge in [0.05, 0.1) is 6.04 Å². The molecule has 98 valence electrons. The van der Waals surface area contributed by atoms with Crippen LogP contribution < -0.4 is 0 Å². The van der Waals surface area contributed by atoms with E-state index >= 15 is 0 Å². The second-order valence-corrected chi connectivity index (χ2v) is 4.87. The van der Waals surface area contributed by atoms with Gasteiger partial charge in [-0.25, -0.2) is 0 Å². The van der Waals surface area contributed by atoms with Crippen molar-refractivity contribution < 1.29 is 9.90 Å². The lowest BCUT2D eigenvalue weighted by atomic mass is 9.97. The molecule has 0 spiro atoms. The number of rotatable bonds is 4. The van der Waals surface area contributed by atoms with Crippen molar-refractivity contribution in [1.82, 2.24) is 4.90 Å². The number of aliphatic hydroxyl groups is 1. The summed E-state index contributed by atoms with van der Waals surface area (Å²) in [6.45, 7) is 2.82. The predicted molar refractivity (Wildman–Crippen MR) is 71.4 cm³/mol. The van der Waals surface area contributed by atoms with Crippen LogP contribution in [0.25, 0.3) is 0 Å². The van der Waals surface area contributed by atoms with Crippen LogP contribution in [0.4, 0.5) is 0 Å². The zero-order valence-corrected chi connectivity index (χ0v) is 10.9. The molecule has 0 aliphatic carbocycles. The predicted octanol–water partition coefficient (Wildman–Crippen LogP) is 2.45. The molecule has 1 saturated heterocycles. The Kier molecular flexibility index (Phi) is 4.50. The van der Waals surface area contributed by atoms with Crippen molar-refractivity contribution in [2.75, 3.05) is 6.54 Å². The zero-order chi connectivity index (χ0) is 13.0. The largest absolute Gasteiger partial charge is 0.378 e. The van der Waals surface area contributed by atoms with Crippen LogP contribution in [0.3, 0.4) is 0 Å². The Bertz CT molecular complexity index is 391. The maximum absolute atomic E-state index is 12.5. The van der Waals surface area contributed by atoms with Gasteiger partial charge < -0.3 is 5.11 Å². The molecule has 0 radical (unpaired) electrons. The van der Waals surface area contributed by atoms with Crippen LogP contribution in [0.5, 0.6) is 0 Å². The second-order valence-electron chi connectivity index (χ2n) is 4.87. The van der Waals surface area contributed by atoms with Gasteiger partial charge in [-0.05, 0) is 25.7 Å². The molecule has 0 saturated carbocycles. The number of hydrogen-bond acceptors (Lipinski definition) is 3. The number of carbonyl (C=O) groups excluding carboxylic acids is 1.